The molecule has 126 valence electrons. The molecular formula is C16H12N4O3S2. The first-order chi connectivity index (χ1) is 12.3. The lowest BCUT2D eigenvalue weighted by molar-refractivity contribution is 0.165. The Balaban J connectivity index is 1.64. The molecule has 25 heavy (non-hydrogen) atoms. The zero-order valence-corrected chi connectivity index (χ0v) is 14.8. The number of hydrogen-bond donors (Lipinski definition) is 0. The van der Waals surface area contributed by atoms with E-state index in [0.717, 1.165) is 26.9 Å². The van der Waals surface area contributed by atoms with Gasteiger partial charge < -0.3 is 14.2 Å². The molecule has 0 spiro atoms. The number of rotatable bonds is 3. The molecule has 0 fully saturated rings. The Morgan fingerprint density at radius 3 is 2.92 bits per heavy atom. The molecule has 0 bridgehead atoms. The molecule has 9 heteroatoms. The molecule has 0 saturated heterocycles. The lowest BCUT2D eigenvalue weighted by atomic mass is 10.2. The average molecular weight is 372 g/mol. The molecule has 0 saturated carbocycles. The van der Waals surface area contributed by atoms with Crippen molar-refractivity contribution in [2.24, 2.45) is 0 Å². The number of fused-ring (bicyclic) bond motifs is 2. The summed E-state index contributed by atoms with van der Waals surface area (Å²) in [6.45, 7) is 1.04. The molecule has 5 rings (SSSR count). The van der Waals surface area contributed by atoms with Crippen LogP contribution < -0.4 is 14.2 Å². The van der Waals surface area contributed by atoms with Crippen molar-refractivity contribution >= 4 is 27.6 Å². The van der Waals surface area contributed by atoms with Crippen LogP contribution in [0.5, 0.6) is 17.2 Å². The Morgan fingerprint density at radius 1 is 1.16 bits per heavy atom. The molecular weight excluding hydrogens is 360 g/mol. The summed E-state index contributed by atoms with van der Waals surface area (Å²) in [6.07, 6.45) is 0. The monoisotopic (exact) mass is 372 g/mol. The van der Waals surface area contributed by atoms with Crippen LogP contribution in [0.25, 0.3) is 26.9 Å². The van der Waals surface area contributed by atoms with Crippen LogP contribution in [0.4, 0.5) is 0 Å². The van der Waals surface area contributed by atoms with Gasteiger partial charge in [0.1, 0.15) is 18.2 Å². The van der Waals surface area contributed by atoms with Crippen LogP contribution in [-0.2, 0) is 0 Å². The van der Waals surface area contributed by atoms with E-state index in [4.69, 9.17) is 14.2 Å². The second kappa shape index (κ2) is 5.71. The Morgan fingerprint density at radius 2 is 2.08 bits per heavy atom. The summed E-state index contributed by atoms with van der Waals surface area (Å²) in [5.41, 5.74) is 1.90. The summed E-state index contributed by atoms with van der Waals surface area (Å²) < 4.78 is 18.6. The number of ether oxygens (including phenoxy) is 3. The quantitative estimate of drug-likeness (QED) is 0.549. The molecule has 7 nitrogen and oxygen atoms in total. The predicted octanol–water partition coefficient (Wildman–Crippen LogP) is 3.36. The minimum Gasteiger partial charge on any atom is -0.493 e. The molecule has 1 aliphatic rings. The van der Waals surface area contributed by atoms with E-state index in [1.807, 2.05) is 29.0 Å². The van der Waals surface area contributed by atoms with Crippen molar-refractivity contribution < 1.29 is 14.2 Å². The Hall–Kier alpha value is -2.65. The van der Waals surface area contributed by atoms with E-state index in [9.17, 15) is 0 Å². The number of benzene rings is 1. The summed E-state index contributed by atoms with van der Waals surface area (Å²) in [5, 5.41) is 18.0. The van der Waals surface area contributed by atoms with Crippen LogP contribution in [0.3, 0.4) is 0 Å². The van der Waals surface area contributed by atoms with Gasteiger partial charge in [-0.15, -0.1) is 10.2 Å². The SMILES string of the molecule is COc1cc(-c2nn3c(-c4ccsc4)nnc3s2)cc2c1OCCO2. The van der Waals surface area contributed by atoms with Crippen LogP contribution in [0, 0.1) is 0 Å². The maximum atomic E-state index is 5.70. The molecule has 0 aliphatic carbocycles. The van der Waals surface area contributed by atoms with Crippen LogP contribution in [-0.4, -0.2) is 40.1 Å². The Labute approximate surface area is 150 Å². The van der Waals surface area contributed by atoms with Gasteiger partial charge in [-0.2, -0.15) is 21.0 Å². The predicted molar refractivity (Wildman–Crippen MR) is 95.0 cm³/mol. The van der Waals surface area contributed by atoms with Gasteiger partial charge in [-0.25, -0.2) is 0 Å². The minimum atomic E-state index is 0.517. The average Bonchev–Trinajstić information content (AvgIpc) is 3.37. The molecule has 4 heterocycles. The highest BCUT2D eigenvalue weighted by molar-refractivity contribution is 7.19. The first-order valence-electron chi connectivity index (χ1n) is 7.56. The van der Waals surface area contributed by atoms with Gasteiger partial charge in [-0.1, -0.05) is 11.3 Å². The summed E-state index contributed by atoms with van der Waals surface area (Å²) in [7, 11) is 1.62. The van der Waals surface area contributed by atoms with E-state index in [1.165, 1.54) is 11.3 Å². The Bertz CT molecular complexity index is 1040. The number of methoxy groups -OCH3 is 1. The van der Waals surface area contributed by atoms with Crippen LogP contribution >= 0.6 is 22.7 Å². The van der Waals surface area contributed by atoms with Crippen LogP contribution in [0.15, 0.2) is 29.0 Å². The highest BCUT2D eigenvalue weighted by Gasteiger charge is 2.21. The van der Waals surface area contributed by atoms with E-state index in [1.54, 1.807) is 23.0 Å². The molecule has 0 radical (unpaired) electrons. The molecule has 3 aromatic heterocycles. The van der Waals surface area contributed by atoms with Gasteiger partial charge in [-0.3, -0.25) is 0 Å². The summed E-state index contributed by atoms with van der Waals surface area (Å²) in [5.74, 6) is 2.68. The fraction of sp³-hybridized carbons (Fsp3) is 0.188. The zero-order chi connectivity index (χ0) is 16.8. The number of nitrogens with zero attached hydrogens (tertiary/aromatic N) is 4. The molecule has 0 N–H and O–H groups in total. The van der Waals surface area contributed by atoms with E-state index in [0.29, 0.717) is 30.5 Å². The molecule has 0 unspecified atom stereocenters. The number of hydrogen-bond acceptors (Lipinski definition) is 8. The highest BCUT2D eigenvalue weighted by Crippen LogP contribution is 2.43. The van der Waals surface area contributed by atoms with Crippen molar-refractivity contribution in [1.82, 2.24) is 19.8 Å². The van der Waals surface area contributed by atoms with Crippen molar-refractivity contribution in [2.45, 2.75) is 0 Å². The molecule has 0 atom stereocenters. The zero-order valence-electron chi connectivity index (χ0n) is 13.1. The van der Waals surface area contributed by atoms with Gasteiger partial charge in [0.2, 0.25) is 10.7 Å². The van der Waals surface area contributed by atoms with E-state index in [2.05, 4.69) is 15.3 Å². The highest BCUT2D eigenvalue weighted by atomic mass is 32.1. The van der Waals surface area contributed by atoms with E-state index in [-0.39, 0.29) is 0 Å². The van der Waals surface area contributed by atoms with Gasteiger partial charge in [0.25, 0.3) is 0 Å². The maximum absolute atomic E-state index is 5.70. The lowest BCUT2D eigenvalue weighted by Gasteiger charge is -2.21. The summed E-state index contributed by atoms with van der Waals surface area (Å²) >= 11 is 3.09. The Kier molecular flexibility index (Phi) is 3.35. The second-order valence-electron chi connectivity index (χ2n) is 5.34. The summed E-state index contributed by atoms with van der Waals surface area (Å²) in [4.78, 5) is 0.741. The van der Waals surface area contributed by atoms with Crippen LogP contribution in [0.1, 0.15) is 0 Å². The van der Waals surface area contributed by atoms with Crippen molar-refractivity contribution in [2.75, 3.05) is 20.3 Å². The minimum absolute atomic E-state index is 0.517. The van der Waals surface area contributed by atoms with Gasteiger partial charge >= 0.3 is 0 Å². The first kappa shape index (κ1) is 14.7. The fourth-order valence-corrected chi connectivity index (χ4v) is 4.16. The van der Waals surface area contributed by atoms with Crippen LogP contribution in [0.2, 0.25) is 0 Å². The third kappa shape index (κ3) is 2.35. The molecule has 4 aromatic rings. The van der Waals surface area contributed by atoms with Gasteiger partial charge in [-0.05, 0) is 23.6 Å². The maximum Gasteiger partial charge on any atom is 0.235 e. The largest absolute Gasteiger partial charge is 0.493 e. The van der Waals surface area contributed by atoms with E-state index >= 15 is 0 Å². The summed E-state index contributed by atoms with van der Waals surface area (Å²) in [6, 6.07) is 5.84. The molecule has 1 aliphatic heterocycles. The smallest absolute Gasteiger partial charge is 0.235 e. The fourth-order valence-electron chi connectivity index (χ4n) is 2.70. The normalized spacial score (nSPS) is 13.3. The second-order valence-corrected chi connectivity index (χ2v) is 7.08. The van der Waals surface area contributed by atoms with Crippen molar-refractivity contribution in [3.63, 3.8) is 0 Å². The standard InChI is InChI=1S/C16H12N4O3S2/c1-21-11-6-10(7-12-13(11)23-4-3-22-12)15-19-20-14(9-2-5-24-8-9)17-18-16(20)25-15/h2,5-8H,3-4H2,1H3. The van der Waals surface area contributed by atoms with Gasteiger partial charge in [0, 0.05) is 16.5 Å². The molecule has 0 amide bonds. The lowest BCUT2D eigenvalue weighted by Crippen LogP contribution is -2.16. The van der Waals surface area contributed by atoms with Gasteiger partial charge in [0.15, 0.2) is 17.3 Å². The molecule has 1 aromatic carbocycles. The third-order valence-electron chi connectivity index (χ3n) is 3.85. The third-order valence-corrected chi connectivity index (χ3v) is 5.48. The first-order valence-corrected chi connectivity index (χ1v) is 9.32. The van der Waals surface area contributed by atoms with Crippen molar-refractivity contribution in [1.29, 1.82) is 0 Å². The van der Waals surface area contributed by atoms with Gasteiger partial charge in [0.05, 0.1) is 7.11 Å². The topological polar surface area (TPSA) is 70.8 Å². The van der Waals surface area contributed by atoms with Crippen molar-refractivity contribution in [3.8, 4) is 39.2 Å². The number of thiophene rings is 1. The van der Waals surface area contributed by atoms with Crippen molar-refractivity contribution in [3.05, 3.63) is 29.0 Å². The number of aromatic nitrogens is 4. The van der Waals surface area contributed by atoms with E-state index < -0.39 is 0 Å².